The molecule has 1 aromatic carbocycles. The van der Waals surface area contributed by atoms with E-state index in [2.05, 4.69) is 35.3 Å². The monoisotopic (exact) mass is 263 g/mol. The minimum Gasteiger partial charge on any atom is -0.359 e. The van der Waals surface area contributed by atoms with Crippen LogP contribution < -0.4 is 11.1 Å². The number of rotatable bonds is 6. The molecule has 4 heteroatoms. The number of aryl methyl sites for hydroxylation is 1. The zero-order valence-corrected chi connectivity index (χ0v) is 12.4. The molecule has 1 amide bonds. The standard InChI is InChI=1S/C15H25N3O/c1-11-7-13(8-16)5-6-14(11)10-18(4)9-12(2)15(19)17-3/h5-7,12H,8-10,16H2,1-4H3,(H,17,19). The fraction of sp³-hybridized carbons (Fsp3) is 0.533. The summed E-state index contributed by atoms with van der Waals surface area (Å²) < 4.78 is 0. The smallest absolute Gasteiger partial charge is 0.223 e. The van der Waals surface area contributed by atoms with E-state index in [0.29, 0.717) is 6.54 Å². The Hall–Kier alpha value is -1.39. The van der Waals surface area contributed by atoms with Gasteiger partial charge in [-0.2, -0.15) is 0 Å². The number of hydrogen-bond acceptors (Lipinski definition) is 3. The Morgan fingerprint density at radius 1 is 1.47 bits per heavy atom. The van der Waals surface area contributed by atoms with Gasteiger partial charge in [0.25, 0.3) is 0 Å². The molecule has 1 aromatic rings. The molecule has 0 aliphatic rings. The highest BCUT2D eigenvalue weighted by Gasteiger charge is 2.14. The van der Waals surface area contributed by atoms with Gasteiger partial charge in [-0.25, -0.2) is 0 Å². The van der Waals surface area contributed by atoms with Crippen molar-refractivity contribution in [3.63, 3.8) is 0 Å². The van der Waals surface area contributed by atoms with Gasteiger partial charge in [-0.1, -0.05) is 25.1 Å². The SMILES string of the molecule is CNC(=O)C(C)CN(C)Cc1ccc(CN)cc1C. The third kappa shape index (κ3) is 4.65. The topological polar surface area (TPSA) is 58.4 Å². The number of benzene rings is 1. The molecule has 0 aliphatic heterocycles. The molecule has 0 aromatic heterocycles. The first-order valence-corrected chi connectivity index (χ1v) is 6.66. The maximum atomic E-state index is 11.5. The van der Waals surface area contributed by atoms with Gasteiger partial charge in [0.05, 0.1) is 0 Å². The number of nitrogens with one attached hydrogen (secondary N) is 1. The maximum Gasteiger partial charge on any atom is 0.223 e. The lowest BCUT2D eigenvalue weighted by molar-refractivity contribution is -0.124. The van der Waals surface area contributed by atoms with E-state index in [1.54, 1.807) is 7.05 Å². The molecule has 1 atom stereocenters. The first kappa shape index (κ1) is 15.7. The largest absolute Gasteiger partial charge is 0.359 e. The van der Waals surface area contributed by atoms with Crippen LogP contribution in [0.5, 0.6) is 0 Å². The molecule has 0 aliphatic carbocycles. The van der Waals surface area contributed by atoms with Crippen LogP contribution in [-0.4, -0.2) is 31.4 Å². The Kier molecular flexibility index (Phi) is 5.99. The van der Waals surface area contributed by atoms with Crippen LogP contribution in [0, 0.1) is 12.8 Å². The fourth-order valence-corrected chi connectivity index (χ4v) is 2.21. The van der Waals surface area contributed by atoms with Crippen LogP contribution in [0.15, 0.2) is 18.2 Å². The van der Waals surface area contributed by atoms with Crippen molar-refractivity contribution in [2.75, 3.05) is 20.6 Å². The molecule has 19 heavy (non-hydrogen) atoms. The van der Waals surface area contributed by atoms with Crippen molar-refractivity contribution in [3.8, 4) is 0 Å². The summed E-state index contributed by atoms with van der Waals surface area (Å²) in [5, 5.41) is 2.68. The Morgan fingerprint density at radius 3 is 2.68 bits per heavy atom. The third-order valence-corrected chi connectivity index (χ3v) is 3.36. The molecule has 0 fully saturated rings. The van der Waals surface area contributed by atoms with Gasteiger partial charge < -0.3 is 16.0 Å². The molecule has 0 bridgehead atoms. The normalized spacial score (nSPS) is 12.5. The van der Waals surface area contributed by atoms with Crippen molar-refractivity contribution in [1.82, 2.24) is 10.2 Å². The van der Waals surface area contributed by atoms with Gasteiger partial charge in [-0.3, -0.25) is 4.79 Å². The van der Waals surface area contributed by atoms with E-state index in [1.807, 2.05) is 14.0 Å². The molecule has 0 spiro atoms. The molecule has 1 unspecified atom stereocenters. The third-order valence-electron chi connectivity index (χ3n) is 3.36. The molecule has 1 rings (SSSR count). The Bertz CT molecular complexity index is 431. The van der Waals surface area contributed by atoms with Gasteiger partial charge in [-0.15, -0.1) is 0 Å². The fourth-order valence-electron chi connectivity index (χ4n) is 2.21. The summed E-state index contributed by atoms with van der Waals surface area (Å²) in [5.41, 5.74) is 9.32. The zero-order valence-electron chi connectivity index (χ0n) is 12.4. The first-order chi connectivity index (χ1) is 8.97. The van der Waals surface area contributed by atoms with Crippen molar-refractivity contribution in [2.45, 2.75) is 26.9 Å². The molecule has 0 saturated carbocycles. The first-order valence-electron chi connectivity index (χ1n) is 6.66. The van der Waals surface area contributed by atoms with E-state index in [1.165, 1.54) is 11.1 Å². The maximum absolute atomic E-state index is 11.5. The molecule has 106 valence electrons. The highest BCUT2D eigenvalue weighted by molar-refractivity contribution is 5.78. The number of carbonyl (C=O) groups excluding carboxylic acids is 1. The second-order valence-corrected chi connectivity index (χ2v) is 5.18. The van der Waals surface area contributed by atoms with Crippen molar-refractivity contribution in [2.24, 2.45) is 11.7 Å². The van der Waals surface area contributed by atoms with E-state index in [4.69, 9.17) is 5.73 Å². The predicted molar refractivity (Wildman–Crippen MR) is 78.6 cm³/mol. The predicted octanol–water partition coefficient (Wildman–Crippen LogP) is 1.27. The van der Waals surface area contributed by atoms with E-state index in [0.717, 1.165) is 18.7 Å². The van der Waals surface area contributed by atoms with Crippen molar-refractivity contribution in [1.29, 1.82) is 0 Å². The summed E-state index contributed by atoms with van der Waals surface area (Å²) in [5.74, 6) is 0.0840. The van der Waals surface area contributed by atoms with Crippen LogP contribution in [0.1, 0.15) is 23.6 Å². The van der Waals surface area contributed by atoms with Crippen molar-refractivity contribution < 1.29 is 4.79 Å². The highest BCUT2D eigenvalue weighted by Crippen LogP contribution is 2.13. The summed E-state index contributed by atoms with van der Waals surface area (Å²) in [6, 6.07) is 6.32. The molecule has 0 saturated heterocycles. The molecule has 3 N–H and O–H groups in total. The summed E-state index contributed by atoms with van der Waals surface area (Å²) in [6.07, 6.45) is 0. The van der Waals surface area contributed by atoms with Crippen LogP contribution in [0.4, 0.5) is 0 Å². The molecular weight excluding hydrogens is 238 g/mol. The Labute approximate surface area is 116 Å². The molecule has 0 radical (unpaired) electrons. The summed E-state index contributed by atoms with van der Waals surface area (Å²) in [4.78, 5) is 13.7. The van der Waals surface area contributed by atoms with E-state index in [9.17, 15) is 4.79 Å². The lowest BCUT2D eigenvalue weighted by Gasteiger charge is -2.21. The highest BCUT2D eigenvalue weighted by atomic mass is 16.1. The van der Waals surface area contributed by atoms with Gasteiger partial charge in [0.2, 0.25) is 5.91 Å². The van der Waals surface area contributed by atoms with Crippen molar-refractivity contribution >= 4 is 5.91 Å². The van der Waals surface area contributed by atoms with Crippen LogP contribution in [-0.2, 0) is 17.9 Å². The van der Waals surface area contributed by atoms with Crippen LogP contribution in [0.3, 0.4) is 0 Å². The van der Waals surface area contributed by atoms with Crippen LogP contribution in [0.25, 0.3) is 0 Å². The van der Waals surface area contributed by atoms with Gasteiger partial charge in [0.1, 0.15) is 0 Å². The molecular formula is C15H25N3O. The molecule has 0 heterocycles. The van der Waals surface area contributed by atoms with E-state index in [-0.39, 0.29) is 11.8 Å². The number of nitrogens with two attached hydrogens (primary N) is 1. The number of carbonyl (C=O) groups is 1. The van der Waals surface area contributed by atoms with Gasteiger partial charge in [-0.05, 0) is 30.7 Å². The van der Waals surface area contributed by atoms with Gasteiger partial charge in [0, 0.05) is 32.6 Å². The lowest BCUT2D eigenvalue weighted by Crippen LogP contribution is -2.34. The van der Waals surface area contributed by atoms with E-state index >= 15 is 0 Å². The summed E-state index contributed by atoms with van der Waals surface area (Å²) in [6.45, 7) is 6.21. The zero-order chi connectivity index (χ0) is 14.4. The Morgan fingerprint density at radius 2 is 2.16 bits per heavy atom. The number of hydrogen-bond donors (Lipinski definition) is 2. The van der Waals surface area contributed by atoms with Gasteiger partial charge in [0.15, 0.2) is 0 Å². The van der Waals surface area contributed by atoms with E-state index < -0.39 is 0 Å². The average molecular weight is 263 g/mol. The minimum atomic E-state index is -0.00128. The van der Waals surface area contributed by atoms with Crippen LogP contribution in [0.2, 0.25) is 0 Å². The lowest BCUT2D eigenvalue weighted by atomic mass is 10.0. The number of nitrogens with zero attached hydrogens (tertiary/aromatic N) is 1. The quantitative estimate of drug-likeness (QED) is 0.812. The summed E-state index contributed by atoms with van der Waals surface area (Å²) >= 11 is 0. The van der Waals surface area contributed by atoms with Crippen molar-refractivity contribution in [3.05, 3.63) is 34.9 Å². The minimum absolute atomic E-state index is 0.00128. The average Bonchev–Trinajstić information content (AvgIpc) is 2.39. The second kappa shape index (κ2) is 7.26. The second-order valence-electron chi connectivity index (χ2n) is 5.18. The number of amides is 1. The molecule has 4 nitrogen and oxygen atoms in total. The van der Waals surface area contributed by atoms with Gasteiger partial charge >= 0.3 is 0 Å². The van der Waals surface area contributed by atoms with Crippen LogP contribution >= 0.6 is 0 Å². The Balaban J connectivity index is 2.61. The summed E-state index contributed by atoms with van der Waals surface area (Å²) in [7, 11) is 3.71.